The van der Waals surface area contributed by atoms with Gasteiger partial charge >= 0.3 is 0 Å². The predicted octanol–water partition coefficient (Wildman–Crippen LogP) is -0.0150. The van der Waals surface area contributed by atoms with Crippen LogP contribution in [0.5, 0.6) is 0 Å². The van der Waals surface area contributed by atoms with Crippen molar-refractivity contribution in [3.8, 4) is 0 Å². The molecule has 0 amide bonds. The summed E-state index contributed by atoms with van der Waals surface area (Å²) in [4.78, 5) is 8.36. The van der Waals surface area contributed by atoms with E-state index in [0.717, 1.165) is 0 Å². The molecule has 0 aliphatic carbocycles. The van der Waals surface area contributed by atoms with E-state index < -0.39 is 10.1 Å². The Hall–Kier alpha value is -0.620. The number of rotatable bonds is 2. The average Bonchev–Trinajstić information content (AvgIpc) is 1.63. The highest BCUT2D eigenvalue weighted by Crippen LogP contribution is 1.83. The van der Waals surface area contributed by atoms with Crippen molar-refractivity contribution in [3.05, 3.63) is 0 Å². The Kier molecular flexibility index (Phi) is 7.86. The van der Waals surface area contributed by atoms with E-state index in [0.29, 0.717) is 6.42 Å². The maximum Gasteiger partial charge on any atom is 0.290 e. The lowest BCUT2D eigenvalue weighted by Crippen LogP contribution is -2.01. The Morgan fingerprint density at radius 1 is 1.50 bits per heavy atom. The van der Waals surface area contributed by atoms with Gasteiger partial charge in [0.05, 0.1) is 5.75 Å². The van der Waals surface area contributed by atoms with Gasteiger partial charge in [0, 0.05) is 0 Å². The molecule has 6 heteroatoms. The Bertz CT molecular complexity index is 158. The fraction of sp³-hybridized carbons (Fsp3) is 0.750. The molecular weight excluding hydrogens is 160 g/mol. The van der Waals surface area contributed by atoms with Crippen molar-refractivity contribution in [2.45, 2.75) is 13.3 Å². The van der Waals surface area contributed by atoms with Crippen LogP contribution in [0.4, 0.5) is 0 Å². The third kappa shape index (κ3) is 26.3. The molecular formula is C4H10O5S. The quantitative estimate of drug-likeness (QED) is 0.449. The van der Waals surface area contributed by atoms with Crippen LogP contribution in [0.25, 0.3) is 0 Å². The van der Waals surface area contributed by atoms with Gasteiger partial charge in [-0.25, -0.2) is 0 Å². The minimum absolute atomic E-state index is 0.132. The molecule has 0 fully saturated rings. The van der Waals surface area contributed by atoms with Crippen molar-refractivity contribution in [1.29, 1.82) is 0 Å². The first-order valence-corrected chi connectivity index (χ1v) is 4.11. The summed E-state index contributed by atoms with van der Waals surface area (Å²) in [6, 6.07) is 0. The Labute approximate surface area is 59.4 Å². The molecule has 0 radical (unpaired) electrons. The van der Waals surface area contributed by atoms with Gasteiger partial charge in [-0.2, -0.15) is 8.42 Å². The molecule has 0 aromatic rings. The van der Waals surface area contributed by atoms with Crippen molar-refractivity contribution in [1.82, 2.24) is 0 Å². The van der Waals surface area contributed by atoms with Crippen LogP contribution in [0, 0.1) is 0 Å². The third-order valence-electron chi connectivity index (χ3n) is 0.462. The zero-order valence-corrected chi connectivity index (χ0v) is 6.34. The second kappa shape index (κ2) is 6.50. The summed E-state index contributed by atoms with van der Waals surface area (Å²) in [7, 11) is -3.67. The second-order valence-electron chi connectivity index (χ2n) is 1.39. The zero-order valence-electron chi connectivity index (χ0n) is 5.52. The van der Waals surface area contributed by atoms with Gasteiger partial charge in [0.15, 0.2) is 0 Å². The van der Waals surface area contributed by atoms with Crippen molar-refractivity contribution < 1.29 is 22.9 Å². The van der Waals surface area contributed by atoms with Crippen molar-refractivity contribution in [2.75, 3.05) is 5.75 Å². The monoisotopic (exact) mass is 170 g/mol. The lowest BCUT2D eigenvalue weighted by molar-refractivity contribution is -0.122. The van der Waals surface area contributed by atoms with Gasteiger partial charge in [-0.05, 0) is 6.42 Å². The Morgan fingerprint density at radius 3 is 1.80 bits per heavy atom. The highest BCUT2D eigenvalue weighted by Gasteiger charge is 1.98. The van der Waals surface area contributed by atoms with E-state index in [1.54, 1.807) is 6.92 Å². The fourth-order valence-electron chi connectivity index (χ4n) is 0.258. The molecule has 0 aliphatic heterocycles. The summed E-state index contributed by atoms with van der Waals surface area (Å²) in [5, 5.41) is 6.89. The highest BCUT2D eigenvalue weighted by molar-refractivity contribution is 7.85. The van der Waals surface area contributed by atoms with Crippen LogP contribution >= 0.6 is 0 Å². The van der Waals surface area contributed by atoms with Crippen LogP contribution in [0.15, 0.2) is 0 Å². The molecule has 5 nitrogen and oxygen atoms in total. The SMILES string of the molecule is CCCS(=O)(=O)O.O=CO. The standard InChI is InChI=1S/C3H8O3S.CH2O2/c1-2-3-7(4,5)6;2-1-3/h2-3H2,1H3,(H,4,5,6);1H,(H,2,3). The summed E-state index contributed by atoms with van der Waals surface area (Å²) in [6.45, 7) is 1.44. The molecule has 62 valence electrons. The lowest BCUT2D eigenvalue weighted by Gasteiger charge is -1.85. The van der Waals surface area contributed by atoms with E-state index in [9.17, 15) is 8.42 Å². The van der Waals surface area contributed by atoms with Gasteiger partial charge in [0.1, 0.15) is 0 Å². The fourth-order valence-corrected chi connectivity index (χ4v) is 0.774. The molecule has 2 N–H and O–H groups in total. The summed E-state index contributed by atoms with van der Waals surface area (Å²) < 4.78 is 27.6. The van der Waals surface area contributed by atoms with Crippen LogP contribution in [0.2, 0.25) is 0 Å². The van der Waals surface area contributed by atoms with E-state index in [-0.39, 0.29) is 12.2 Å². The van der Waals surface area contributed by atoms with E-state index in [1.165, 1.54) is 0 Å². The maximum atomic E-state index is 9.79. The van der Waals surface area contributed by atoms with Crippen molar-refractivity contribution in [3.63, 3.8) is 0 Å². The molecule has 0 bridgehead atoms. The normalized spacial score (nSPS) is 9.40. The molecule has 0 atom stereocenters. The largest absolute Gasteiger partial charge is 0.483 e. The third-order valence-corrected chi connectivity index (χ3v) is 1.39. The van der Waals surface area contributed by atoms with Crippen molar-refractivity contribution in [2.24, 2.45) is 0 Å². The van der Waals surface area contributed by atoms with Gasteiger partial charge in [-0.1, -0.05) is 6.92 Å². The second-order valence-corrected chi connectivity index (χ2v) is 2.96. The van der Waals surface area contributed by atoms with Crippen LogP contribution in [-0.2, 0) is 14.9 Å². The molecule has 0 aromatic heterocycles. The minimum Gasteiger partial charge on any atom is -0.483 e. The van der Waals surface area contributed by atoms with Gasteiger partial charge < -0.3 is 5.11 Å². The summed E-state index contributed by atoms with van der Waals surface area (Å²) in [5.41, 5.74) is 0. The van der Waals surface area contributed by atoms with Crippen molar-refractivity contribution >= 4 is 16.6 Å². The number of hydrogen-bond acceptors (Lipinski definition) is 3. The Balaban J connectivity index is 0. The zero-order chi connectivity index (χ0) is 8.62. The molecule has 0 saturated heterocycles. The Morgan fingerprint density at radius 2 is 1.80 bits per heavy atom. The lowest BCUT2D eigenvalue weighted by atomic mass is 10.6. The van der Waals surface area contributed by atoms with E-state index >= 15 is 0 Å². The number of hydrogen-bond donors (Lipinski definition) is 2. The van der Waals surface area contributed by atoms with Crippen LogP contribution < -0.4 is 0 Å². The maximum absolute atomic E-state index is 9.79. The summed E-state index contributed by atoms with van der Waals surface area (Å²) in [6.07, 6.45) is 0.471. The number of carbonyl (C=O) groups is 1. The highest BCUT2D eigenvalue weighted by atomic mass is 32.2. The molecule has 10 heavy (non-hydrogen) atoms. The first-order chi connectivity index (χ1) is 4.47. The molecule has 0 heterocycles. The molecule has 0 rings (SSSR count). The van der Waals surface area contributed by atoms with Crippen LogP contribution in [0.3, 0.4) is 0 Å². The topological polar surface area (TPSA) is 91.7 Å². The first kappa shape index (κ1) is 12.1. The summed E-state index contributed by atoms with van der Waals surface area (Å²) in [5.74, 6) is -0.132. The molecule has 0 saturated carbocycles. The van der Waals surface area contributed by atoms with E-state index in [2.05, 4.69) is 0 Å². The molecule has 0 aliphatic rings. The van der Waals surface area contributed by atoms with Gasteiger partial charge in [0.25, 0.3) is 16.6 Å². The smallest absolute Gasteiger partial charge is 0.290 e. The van der Waals surface area contributed by atoms with Crippen LogP contribution in [0.1, 0.15) is 13.3 Å². The minimum atomic E-state index is -3.67. The molecule has 0 spiro atoms. The van der Waals surface area contributed by atoms with Crippen LogP contribution in [-0.4, -0.2) is 30.3 Å². The number of carboxylic acid groups (broad SMARTS) is 1. The first-order valence-electron chi connectivity index (χ1n) is 2.51. The molecule has 0 unspecified atom stereocenters. The van der Waals surface area contributed by atoms with E-state index in [4.69, 9.17) is 14.5 Å². The molecule has 0 aromatic carbocycles. The van der Waals surface area contributed by atoms with Gasteiger partial charge in [-0.3, -0.25) is 9.35 Å². The predicted molar refractivity (Wildman–Crippen MR) is 35.4 cm³/mol. The van der Waals surface area contributed by atoms with E-state index in [1.807, 2.05) is 0 Å². The van der Waals surface area contributed by atoms with Gasteiger partial charge in [0.2, 0.25) is 0 Å². The average molecular weight is 170 g/mol. The summed E-state index contributed by atoms with van der Waals surface area (Å²) >= 11 is 0. The van der Waals surface area contributed by atoms with Gasteiger partial charge in [-0.15, -0.1) is 0 Å².